The van der Waals surface area contributed by atoms with Crippen LogP contribution in [0.1, 0.15) is 43.0 Å². The third-order valence-corrected chi connectivity index (χ3v) is 4.34. The Labute approximate surface area is 154 Å². The zero-order valence-electron chi connectivity index (χ0n) is 15.1. The number of nitrogens with zero attached hydrogens (tertiary/aromatic N) is 2. The van der Waals surface area contributed by atoms with Crippen LogP contribution in [0.5, 0.6) is 0 Å². The monoisotopic (exact) mass is 351 g/mol. The predicted octanol–water partition coefficient (Wildman–Crippen LogP) is 2.34. The third kappa shape index (κ3) is 4.97. The van der Waals surface area contributed by atoms with Crippen LogP contribution in [-0.2, 0) is 11.2 Å². The van der Waals surface area contributed by atoms with E-state index in [1.807, 2.05) is 12.1 Å². The van der Waals surface area contributed by atoms with Crippen LogP contribution in [0.3, 0.4) is 0 Å². The molecule has 1 saturated heterocycles. The molecule has 1 aromatic heterocycles. The zero-order chi connectivity index (χ0) is 18.4. The minimum Gasteiger partial charge on any atom is -0.271 e. The van der Waals surface area contributed by atoms with Gasteiger partial charge in [0, 0.05) is 18.4 Å². The number of carbonyl (C=O) groups is 1. The average Bonchev–Trinajstić information content (AvgIpc) is 3.13. The Balaban J connectivity index is 1.51. The van der Waals surface area contributed by atoms with E-state index in [0.717, 1.165) is 12.0 Å². The van der Waals surface area contributed by atoms with Crippen molar-refractivity contribution in [2.24, 2.45) is 11.0 Å². The van der Waals surface area contributed by atoms with Gasteiger partial charge in [-0.1, -0.05) is 38.1 Å². The Morgan fingerprint density at radius 1 is 1.23 bits per heavy atom. The Bertz CT molecular complexity index is 743. The van der Waals surface area contributed by atoms with E-state index in [2.05, 4.69) is 64.5 Å². The van der Waals surface area contributed by atoms with E-state index < -0.39 is 0 Å². The van der Waals surface area contributed by atoms with Crippen molar-refractivity contribution >= 4 is 12.1 Å². The highest BCUT2D eigenvalue weighted by Gasteiger charge is 2.29. The first kappa shape index (κ1) is 18.2. The van der Waals surface area contributed by atoms with Crippen molar-refractivity contribution in [3.8, 4) is 0 Å². The molecular formula is C20H25N5O. The first-order valence-electron chi connectivity index (χ1n) is 8.94. The van der Waals surface area contributed by atoms with Crippen LogP contribution in [0.4, 0.5) is 0 Å². The number of carbonyl (C=O) groups excluding carboxylic acids is 1. The van der Waals surface area contributed by atoms with Crippen molar-refractivity contribution in [1.82, 2.24) is 21.3 Å². The fraction of sp³-hybridized carbons (Fsp3) is 0.350. The first-order valence-corrected chi connectivity index (χ1v) is 8.94. The highest BCUT2D eigenvalue weighted by molar-refractivity contribution is 5.85. The molecule has 0 saturated carbocycles. The van der Waals surface area contributed by atoms with Gasteiger partial charge in [0.2, 0.25) is 0 Å². The largest absolute Gasteiger partial charge is 0.271 e. The van der Waals surface area contributed by atoms with E-state index in [9.17, 15) is 4.79 Å². The molecule has 136 valence electrons. The Kier molecular flexibility index (Phi) is 6.09. The zero-order valence-corrected chi connectivity index (χ0v) is 15.1. The van der Waals surface area contributed by atoms with Crippen LogP contribution >= 0.6 is 0 Å². The number of benzene rings is 1. The molecule has 1 aliphatic heterocycles. The van der Waals surface area contributed by atoms with Crippen LogP contribution in [0.25, 0.3) is 0 Å². The lowest BCUT2D eigenvalue weighted by atomic mass is 9.97. The van der Waals surface area contributed by atoms with Gasteiger partial charge in [-0.3, -0.25) is 9.78 Å². The number of nitrogens with one attached hydrogen (secondary N) is 3. The molecule has 0 aliphatic carbocycles. The van der Waals surface area contributed by atoms with Crippen LogP contribution in [-0.4, -0.2) is 23.1 Å². The van der Waals surface area contributed by atoms with Crippen LogP contribution in [0.15, 0.2) is 53.9 Å². The SMILES string of the molecule is CC(C)Cc1ccc(C2CC(C(=O)N/N=C/c3ccncc3)NN2)cc1. The van der Waals surface area contributed by atoms with Crippen molar-refractivity contribution in [2.45, 2.75) is 38.8 Å². The highest BCUT2D eigenvalue weighted by atomic mass is 16.2. The van der Waals surface area contributed by atoms with E-state index in [1.165, 1.54) is 11.1 Å². The van der Waals surface area contributed by atoms with Gasteiger partial charge in [-0.2, -0.15) is 5.10 Å². The summed E-state index contributed by atoms with van der Waals surface area (Å²) < 4.78 is 0. The van der Waals surface area contributed by atoms with E-state index in [4.69, 9.17) is 0 Å². The van der Waals surface area contributed by atoms with Gasteiger partial charge in [0.1, 0.15) is 6.04 Å². The number of pyridine rings is 1. The van der Waals surface area contributed by atoms with Gasteiger partial charge < -0.3 is 0 Å². The molecule has 26 heavy (non-hydrogen) atoms. The van der Waals surface area contributed by atoms with E-state index in [1.54, 1.807) is 18.6 Å². The third-order valence-electron chi connectivity index (χ3n) is 4.34. The highest BCUT2D eigenvalue weighted by Crippen LogP contribution is 2.23. The number of hydrazine groups is 1. The predicted molar refractivity (Wildman–Crippen MR) is 102 cm³/mol. The molecule has 6 heteroatoms. The molecule has 1 amide bonds. The topological polar surface area (TPSA) is 78.4 Å². The van der Waals surface area contributed by atoms with Gasteiger partial charge >= 0.3 is 0 Å². The summed E-state index contributed by atoms with van der Waals surface area (Å²) in [5, 5.41) is 4.00. The molecule has 6 nitrogen and oxygen atoms in total. The summed E-state index contributed by atoms with van der Waals surface area (Å²) in [5.74, 6) is 0.495. The molecule has 1 fully saturated rings. The lowest BCUT2D eigenvalue weighted by Gasteiger charge is -2.11. The summed E-state index contributed by atoms with van der Waals surface area (Å²) in [4.78, 5) is 16.2. The quantitative estimate of drug-likeness (QED) is 0.551. The van der Waals surface area contributed by atoms with Crippen molar-refractivity contribution in [3.05, 3.63) is 65.5 Å². The van der Waals surface area contributed by atoms with Crippen LogP contribution < -0.4 is 16.3 Å². The second-order valence-electron chi connectivity index (χ2n) is 6.98. The lowest BCUT2D eigenvalue weighted by Crippen LogP contribution is -2.41. The summed E-state index contributed by atoms with van der Waals surface area (Å²) in [7, 11) is 0. The Hall–Kier alpha value is -2.57. The van der Waals surface area contributed by atoms with E-state index >= 15 is 0 Å². The number of hydrogen-bond acceptors (Lipinski definition) is 5. The normalized spacial score (nSPS) is 20.0. The molecular weight excluding hydrogens is 326 g/mol. The second-order valence-corrected chi connectivity index (χ2v) is 6.98. The van der Waals surface area contributed by atoms with E-state index in [-0.39, 0.29) is 18.0 Å². The summed E-state index contributed by atoms with van der Waals surface area (Å²) in [5.41, 5.74) is 12.2. The number of aromatic nitrogens is 1. The molecule has 3 rings (SSSR count). The summed E-state index contributed by atoms with van der Waals surface area (Å²) >= 11 is 0. The van der Waals surface area contributed by atoms with Gasteiger partial charge in [-0.15, -0.1) is 0 Å². The molecule has 0 radical (unpaired) electrons. The van der Waals surface area contributed by atoms with Gasteiger partial charge in [-0.25, -0.2) is 16.3 Å². The molecule has 2 heterocycles. The van der Waals surface area contributed by atoms with Crippen molar-refractivity contribution < 1.29 is 4.79 Å². The Morgan fingerprint density at radius 3 is 2.65 bits per heavy atom. The molecule has 3 N–H and O–H groups in total. The minimum atomic E-state index is -0.315. The lowest BCUT2D eigenvalue weighted by molar-refractivity contribution is -0.122. The van der Waals surface area contributed by atoms with Crippen molar-refractivity contribution in [2.75, 3.05) is 0 Å². The molecule has 2 unspecified atom stereocenters. The smallest absolute Gasteiger partial charge is 0.258 e. The first-order chi connectivity index (χ1) is 12.6. The molecule has 1 aliphatic rings. The molecule has 0 bridgehead atoms. The minimum absolute atomic E-state index is 0.114. The standard InChI is InChI=1S/C20H25N5O/c1-14(2)11-15-3-5-17(6-4-15)18-12-19(24-23-18)20(26)25-22-13-16-7-9-21-10-8-16/h3-10,13-14,18-19,23-24H,11-12H2,1-2H3,(H,25,26)/b22-13+. The Morgan fingerprint density at radius 2 is 1.96 bits per heavy atom. The summed E-state index contributed by atoms with van der Waals surface area (Å²) in [6, 6.07) is 12.1. The van der Waals surface area contributed by atoms with Crippen LogP contribution in [0, 0.1) is 5.92 Å². The number of rotatable bonds is 6. The summed E-state index contributed by atoms with van der Waals surface area (Å²) in [6.45, 7) is 4.44. The van der Waals surface area contributed by atoms with Gasteiger partial charge in [-0.05, 0) is 47.6 Å². The van der Waals surface area contributed by atoms with Crippen molar-refractivity contribution in [3.63, 3.8) is 0 Å². The van der Waals surface area contributed by atoms with E-state index in [0.29, 0.717) is 12.3 Å². The maximum atomic E-state index is 12.2. The molecule has 0 spiro atoms. The summed E-state index contributed by atoms with van der Waals surface area (Å²) in [6.07, 6.45) is 6.73. The number of amides is 1. The average molecular weight is 351 g/mol. The molecule has 1 aromatic carbocycles. The number of hydrogen-bond donors (Lipinski definition) is 3. The fourth-order valence-electron chi connectivity index (χ4n) is 3.00. The fourth-order valence-corrected chi connectivity index (χ4v) is 3.00. The maximum absolute atomic E-state index is 12.2. The molecule has 2 aromatic rings. The maximum Gasteiger partial charge on any atom is 0.258 e. The number of hydrazone groups is 1. The van der Waals surface area contributed by atoms with Gasteiger partial charge in [0.25, 0.3) is 5.91 Å². The van der Waals surface area contributed by atoms with Gasteiger partial charge in [0.15, 0.2) is 0 Å². The molecule has 2 atom stereocenters. The van der Waals surface area contributed by atoms with Gasteiger partial charge in [0.05, 0.1) is 6.21 Å². The van der Waals surface area contributed by atoms with Crippen LogP contribution in [0.2, 0.25) is 0 Å². The second kappa shape index (κ2) is 8.69. The van der Waals surface area contributed by atoms with Crippen molar-refractivity contribution in [1.29, 1.82) is 0 Å².